The molecule has 0 bridgehead atoms. The van der Waals surface area contributed by atoms with E-state index in [1.54, 1.807) is 0 Å². The van der Waals surface area contributed by atoms with E-state index in [9.17, 15) is 0 Å². The number of hydrogen-bond donors (Lipinski definition) is 1. The van der Waals surface area contributed by atoms with Crippen LogP contribution >= 0.6 is 0 Å². The Labute approximate surface area is 143 Å². The molecule has 3 nitrogen and oxygen atoms in total. The Morgan fingerprint density at radius 3 is 2.46 bits per heavy atom. The lowest BCUT2D eigenvalue weighted by Gasteiger charge is -2.14. The van der Waals surface area contributed by atoms with Gasteiger partial charge in [0.15, 0.2) is 0 Å². The van der Waals surface area contributed by atoms with Crippen molar-refractivity contribution >= 4 is 0 Å². The molecule has 1 aliphatic heterocycles. The lowest BCUT2D eigenvalue weighted by atomic mass is 10.0. The van der Waals surface area contributed by atoms with E-state index in [1.807, 2.05) is 6.20 Å². The monoisotopic (exact) mass is 317 g/mol. The number of nitrogens with one attached hydrogen (secondary N) is 1. The minimum absolute atomic E-state index is 0.568. The van der Waals surface area contributed by atoms with E-state index < -0.39 is 0 Å². The molecule has 1 fully saturated rings. The fourth-order valence-electron chi connectivity index (χ4n) is 3.54. The quantitative estimate of drug-likeness (QED) is 0.776. The second kappa shape index (κ2) is 7.02. The maximum absolute atomic E-state index is 4.71. The highest BCUT2D eigenvalue weighted by atomic mass is 15.3. The van der Waals surface area contributed by atoms with Crippen molar-refractivity contribution in [2.24, 2.45) is 0 Å². The summed E-state index contributed by atoms with van der Waals surface area (Å²) in [4.78, 5) is 0. The molecule has 3 heteroatoms. The molecule has 1 unspecified atom stereocenters. The Hall–Kier alpha value is -2.39. The van der Waals surface area contributed by atoms with Crippen molar-refractivity contribution in [3.63, 3.8) is 0 Å². The highest BCUT2D eigenvalue weighted by molar-refractivity contribution is 5.37. The molecule has 122 valence electrons. The summed E-state index contributed by atoms with van der Waals surface area (Å²) < 4.78 is 2.12. The van der Waals surface area contributed by atoms with Gasteiger partial charge in [-0.05, 0) is 42.6 Å². The first-order chi connectivity index (χ1) is 11.9. The van der Waals surface area contributed by atoms with Crippen LogP contribution in [0.4, 0.5) is 0 Å². The number of rotatable bonds is 5. The molecule has 1 N–H and O–H groups in total. The molecule has 0 aliphatic carbocycles. The van der Waals surface area contributed by atoms with Crippen molar-refractivity contribution in [1.82, 2.24) is 15.1 Å². The molecule has 3 aromatic rings. The van der Waals surface area contributed by atoms with E-state index in [2.05, 4.69) is 70.7 Å². The molecule has 1 saturated heterocycles. The van der Waals surface area contributed by atoms with Crippen LogP contribution in [0.1, 0.15) is 29.7 Å². The summed E-state index contributed by atoms with van der Waals surface area (Å²) in [5.74, 6) is 0. The first-order valence-electron chi connectivity index (χ1n) is 8.78. The summed E-state index contributed by atoms with van der Waals surface area (Å²) in [5.41, 5.74) is 5.15. The average molecular weight is 317 g/mol. The number of nitrogens with zero attached hydrogens (tertiary/aromatic N) is 2. The fraction of sp³-hybridized carbons (Fsp3) is 0.286. The molecular weight excluding hydrogens is 294 g/mol. The Balaban J connectivity index is 1.68. The lowest BCUT2D eigenvalue weighted by Crippen LogP contribution is -2.25. The smallest absolute Gasteiger partial charge is 0.0648 e. The van der Waals surface area contributed by atoms with Crippen LogP contribution in [0.15, 0.2) is 66.9 Å². The standard InChI is InChI=1S/C21H23N3/c1-3-8-17(9-4-1)14-18-16-23-24(20-11-5-2-6-12-20)21(18)15-19-10-7-13-22-19/h1-6,8-9,11-12,16,19,22H,7,10,13-15H2. The molecule has 0 amide bonds. The minimum atomic E-state index is 0.568. The van der Waals surface area contributed by atoms with Gasteiger partial charge in [-0.15, -0.1) is 0 Å². The van der Waals surface area contributed by atoms with Crippen molar-refractivity contribution in [2.45, 2.75) is 31.7 Å². The second-order valence-electron chi connectivity index (χ2n) is 6.52. The lowest BCUT2D eigenvalue weighted by molar-refractivity contribution is 0.581. The van der Waals surface area contributed by atoms with E-state index in [1.165, 1.54) is 29.7 Å². The number of benzene rings is 2. The molecule has 0 spiro atoms. The average Bonchev–Trinajstić information content (AvgIpc) is 3.28. The third-order valence-electron chi connectivity index (χ3n) is 4.80. The van der Waals surface area contributed by atoms with Gasteiger partial charge >= 0.3 is 0 Å². The van der Waals surface area contributed by atoms with Gasteiger partial charge in [-0.2, -0.15) is 5.10 Å². The number of para-hydroxylation sites is 1. The van der Waals surface area contributed by atoms with Crippen LogP contribution in [0, 0.1) is 0 Å². The molecule has 24 heavy (non-hydrogen) atoms. The topological polar surface area (TPSA) is 29.9 Å². The van der Waals surface area contributed by atoms with Gasteiger partial charge in [0, 0.05) is 24.6 Å². The molecule has 0 radical (unpaired) electrons. The van der Waals surface area contributed by atoms with E-state index in [0.717, 1.165) is 25.1 Å². The Morgan fingerprint density at radius 1 is 1.00 bits per heavy atom. The van der Waals surface area contributed by atoms with Gasteiger partial charge in [-0.1, -0.05) is 48.5 Å². The molecule has 2 heterocycles. The fourth-order valence-corrected chi connectivity index (χ4v) is 3.54. The predicted octanol–water partition coefficient (Wildman–Crippen LogP) is 3.76. The van der Waals surface area contributed by atoms with Gasteiger partial charge in [-0.3, -0.25) is 0 Å². The van der Waals surface area contributed by atoms with Gasteiger partial charge in [0.1, 0.15) is 0 Å². The van der Waals surface area contributed by atoms with E-state index in [-0.39, 0.29) is 0 Å². The van der Waals surface area contributed by atoms with Crippen LogP contribution in [0.5, 0.6) is 0 Å². The molecular formula is C21H23N3. The number of hydrogen-bond acceptors (Lipinski definition) is 2. The normalized spacial score (nSPS) is 17.2. The summed E-state index contributed by atoms with van der Waals surface area (Å²) in [5, 5.41) is 8.34. The summed E-state index contributed by atoms with van der Waals surface area (Å²) in [6.45, 7) is 1.14. The van der Waals surface area contributed by atoms with Crippen molar-refractivity contribution < 1.29 is 0 Å². The molecule has 4 rings (SSSR count). The Kier molecular flexibility index (Phi) is 4.43. The van der Waals surface area contributed by atoms with Crippen molar-refractivity contribution in [2.75, 3.05) is 6.54 Å². The van der Waals surface area contributed by atoms with Crippen LogP contribution in [0.3, 0.4) is 0 Å². The van der Waals surface area contributed by atoms with Crippen molar-refractivity contribution in [1.29, 1.82) is 0 Å². The maximum atomic E-state index is 4.71. The Morgan fingerprint density at radius 2 is 1.75 bits per heavy atom. The van der Waals surface area contributed by atoms with E-state index in [4.69, 9.17) is 5.10 Å². The Bertz CT molecular complexity index is 771. The van der Waals surface area contributed by atoms with Gasteiger partial charge < -0.3 is 5.32 Å². The van der Waals surface area contributed by atoms with Gasteiger partial charge in [0.2, 0.25) is 0 Å². The van der Waals surface area contributed by atoms with Crippen LogP contribution in [0.2, 0.25) is 0 Å². The van der Waals surface area contributed by atoms with Crippen LogP contribution in [-0.4, -0.2) is 22.4 Å². The third-order valence-corrected chi connectivity index (χ3v) is 4.80. The number of aromatic nitrogens is 2. The summed E-state index contributed by atoms with van der Waals surface area (Å²) in [6.07, 6.45) is 6.56. The highest BCUT2D eigenvalue weighted by Crippen LogP contribution is 2.22. The van der Waals surface area contributed by atoms with E-state index in [0.29, 0.717) is 6.04 Å². The summed E-state index contributed by atoms with van der Waals surface area (Å²) in [7, 11) is 0. The van der Waals surface area contributed by atoms with Crippen LogP contribution in [-0.2, 0) is 12.8 Å². The molecule has 1 aromatic heterocycles. The van der Waals surface area contributed by atoms with Crippen LogP contribution < -0.4 is 5.32 Å². The molecule has 1 atom stereocenters. The second-order valence-corrected chi connectivity index (χ2v) is 6.52. The zero-order valence-electron chi connectivity index (χ0n) is 13.9. The zero-order chi connectivity index (χ0) is 16.2. The van der Waals surface area contributed by atoms with Gasteiger partial charge in [-0.25, -0.2) is 4.68 Å². The largest absolute Gasteiger partial charge is 0.314 e. The predicted molar refractivity (Wildman–Crippen MR) is 97.5 cm³/mol. The maximum Gasteiger partial charge on any atom is 0.0648 e. The summed E-state index contributed by atoms with van der Waals surface area (Å²) >= 11 is 0. The molecule has 0 saturated carbocycles. The van der Waals surface area contributed by atoms with Crippen molar-refractivity contribution in [3.8, 4) is 5.69 Å². The van der Waals surface area contributed by atoms with Gasteiger partial charge in [0.05, 0.1) is 11.9 Å². The van der Waals surface area contributed by atoms with Crippen LogP contribution in [0.25, 0.3) is 5.69 Å². The zero-order valence-corrected chi connectivity index (χ0v) is 13.9. The van der Waals surface area contributed by atoms with Gasteiger partial charge in [0.25, 0.3) is 0 Å². The highest BCUT2D eigenvalue weighted by Gasteiger charge is 2.20. The molecule has 2 aromatic carbocycles. The first kappa shape index (κ1) is 15.2. The molecule has 1 aliphatic rings. The third kappa shape index (κ3) is 3.26. The minimum Gasteiger partial charge on any atom is -0.314 e. The first-order valence-corrected chi connectivity index (χ1v) is 8.78. The summed E-state index contributed by atoms with van der Waals surface area (Å²) in [6, 6.07) is 21.7. The SMILES string of the molecule is c1ccc(Cc2cnn(-c3ccccc3)c2CC2CCCN2)cc1. The van der Waals surface area contributed by atoms with Crippen molar-refractivity contribution in [3.05, 3.63) is 83.7 Å². The van der Waals surface area contributed by atoms with E-state index >= 15 is 0 Å².